The van der Waals surface area contributed by atoms with Crippen LogP contribution in [0.2, 0.25) is 5.02 Å². The van der Waals surface area contributed by atoms with E-state index in [1.165, 1.54) is 11.1 Å². The molecule has 2 aromatic carbocycles. The summed E-state index contributed by atoms with van der Waals surface area (Å²) in [6.07, 6.45) is 2.65. The zero-order chi connectivity index (χ0) is 29.1. The topological polar surface area (TPSA) is 103 Å². The van der Waals surface area contributed by atoms with Crippen LogP contribution in [0.4, 0.5) is 37.6 Å². The number of aromatic nitrogens is 2. The number of hydrogen-bond acceptors (Lipinski definition) is 8. The molecule has 13 heteroatoms. The Morgan fingerprint density at radius 3 is 2.49 bits per heavy atom. The van der Waals surface area contributed by atoms with Crippen molar-refractivity contribution in [3.05, 3.63) is 64.8 Å². The Morgan fingerprint density at radius 1 is 1.05 bits per heavy atom. The Hall–Kier alpha value is -4.03. The lowest BCUT2D eigenvalue weighted by Gasteiger charge is -2.31. The van der Waals surface area contributed by atoms with Crippen LogP contribution in [0, 0.1) is 11.6 Å². The molecule has 0 unspecified atom stereocenters. The first-order valence-corrected chi connectivity index (χ1v) is 13.6. The standard InChI is InChI=1S/C28H30ClF2N7O3/c1-36(2)27(40)21-15-19(5-6-23(21)37-8-10-41-11-9-37)33-26(39)24-4-3-7-38(24)25-22(29)16-32-28(35-25)34-20-13-17(30)12-18(31)14-20/h5-6,12-16,24H,3-4,7-11H2,1-2H3,(H,33,39)(H,32,34,35)/t24-/m0/s1. The van der Waals surface area contributed by atoms with E-state index >= 15 is 0 Å². The zero-order valence-electron chi connectivity index (χ0n) is 22.7. The number of rotatable bonds is 7. The minimum atomic E-state index is -0.744. The number of anilines is 5. The van der Waals surface area contributed by atoms with Crippen LogP contribution < -0.4 is 20.4 Å². The van der Waals surface area contributed by atoms with Gasteiger partial charge in [0.15, 0.2) is 5.82 Å². The van der Waals surface area contributed by atoms with E-state index in [9.17, 15) is 18.4 Å². The average Bonchev–Trinajstić information content (AvgIpc) is 3.43. The highest BCUT2D eigenvalue weighted by molar-refractivity contribution is 6.33. The predicted octanol–water partition coefficient (Wildman–Crippen LogP) is 4.30. The Morgan fingerprint density at radius 2 is 1.78 bits per heavy atom. The summed E-state index contributed by atoms with van der Waals surface area (Å²) < 4.78 is 32.7. The van der Waals surface area contributed by atoms with E-state index < -0.39 is 17.7 Å². The molecule has 2 amide bonds. The third kappa shape index (κ3) is 6.49. The lowest BCUT2D eigenvalue weighted by atomic mass is 10.1. The summed E-state index contributed by atoms with van der Waals surface area (Å²) in [6, 6.07) is 7.74. The quantitative estimate of drug-likeness (QED) is 0.423. The molecule has 3 heterocycles. The van der Waals surface area contributed by atoms with Crippen molar-refractivity contribution < 1.29 is 23.1 Å². The molecule has 3 aromatic rings. The largest absolute Gasteiger partial charge is 0.378 e. The Bertz CT molecular complexity index is 1430. The number of benzene rings is 2. The van der Waals surface area contributed by atoms with Crippen molar-refractivity contribution in [1.29, 1.82) is 0 Å². The van der Waals surface area contributed by atoms with Crippen LogP contribution in [-0.2, 0) is 9.53 Å². The van der Waals surface area contributed by atoms with Gasteiger partial charge in [0.2, 0.25) is 11.9 Å². The van der Waals surface area contributed by atoms with Crippen molar-refractivity contribution in [2.45, 2.75) is 18.9 Å². The molecular weight excluding hydrogens is 556 g/mol. The number of hydrogen-bond donors (Lipinski definition) is 2. The smallest absolute Gasteiger partial charge is 0.255 e. The van der Waals surface area contributed by atoms with Gasteiger partial charge in [0.05, 0.1) is 25.0 Å². The molecule has 1 aromatic heterocycles. The van der Waals surface area contributed by atoms with Crippen molar-refractivity contribution in [1.82, 2.24) is 14.9 Å². The van der Waals surface area contributed by atoms with Gasteiger partial charge in [-0.05, 0) is 43.2 Å². The predicted molar refractivity (Wildman–Crippen MR) is 153 cm³/mol. The maximum atomic E-state index is 13.6. The molecule has 5 rings (SSSR count). The number of nitrogens with one attached hydrogen (secondary N) is 2. The van der Waals surface area contributed by atoms with Crippen LogP contribution in [-0.4, -0.2) is 79.7 Å². The molecule has 0 radical (unpaired) electrons. The first-order valence-electron chi connectivity index (χ1n) is 13.2. The zero-order valence-corrected chi connectivity index (χ0v) is 23.4. The van der Waals surface area contributed by atoms with Crippen molar-refractivity contribution in [2.24, 2.45) is 0 Å². The Kier molecular flexibility index (Phi) is 8.50. The van der Waals surface area contributed by atoms with Gasteiger partial charge in [-0.3, -0.25) is 9.59 Å². The minimum Gasteiger partial charge on any atom is -0.378 e. The maximum Gasteiger partial charge on any atom is 0.255 e. The normalized spacial score (nSPS) is 17.0. The molecule has 0 bridgehead atoms. The monoisotopic (exact) mass is 585 g/mol. The first-order chi connectivity index (χ1) is 19.7. The lowest BCUT2D eigenvalue weighted by molar-refractivity contribution is -0.117. The number of morpholine rings is 1. The fourth-order valence-electron chi connectivity index (χ4n) is 5.00. The summed E-state index contributed by atoms with van der Waals surface area (Å²) in [5.74, 6) is -1.54. The third-order valence-corrected chi connectivity index (χ3v) is 7.19. The number of ether oxygens (including phenoxy) is 1. The van der Waals surface area contributed by atoms with E-state index in [0.717, 1.165) is 30.3 Å². The second-order valence-corrected chi connectivity index (χ2v) is 10.4. The van der Waals surface area contributed by atoms with Gasteiger partial charge in [-0.15, -0.1) is 0 Å². The molecule has 2 aliphatic rings. The summed E-state index contributed by atoms with van der Waals surface area (Å²) in [6.45, 7) is 3.01. The van der Waals surface area contributed by atoms with E-state index in [0.29, 0.717) is 56.3 Å². The highest BCUT2D eigenvalue weighted by Gasteiger charge is 2.33. The summed E-state index contributed by atoms with van der Waals surface area (Å²) in [5.41, 5.74) is 1.91. The maximum absolute atomic E-state index is 13.6. The van der Waals surface area contributed by atoms with Crippen LogP contribution in [0.3, 0.4) is 0 Å². The van der Waals surface area contributed by atoms with Crippen LogP contribution in [0.25, 0.3) is 0 Å². The van der Waals surface area contributed by atoms with E-state index in [4.69, 9.17) is 16.3 Å². The fourth-order valence-corrected chi connectivity index (χ4v) is 5.20. The highest BCUT2D eigenvalue weighted by Crippen LogP contribution is 2.32. The van der Waals surface area contributed by atoms with E-state index in [-0.39, 0.29) is 28.5 Å². The third-order valence-electron chi connectivity index (χ3n) is 6.92. The first kappa shape index (κ1) is 28.5. The second kappa shape index (κ2) is 12.2. The van der Waals surface area contributed by atoms with Crippen LogP contribution in [0.5, 0.6) is 0 Å². The van der Waals surface area contributed by atoms with E-state index in [2.05, 4.69) is 25.5 Å². The molecule has 1 atom stereocenters. The van der Waals surface area contributed by atoms with E-state index in [1.54, 1.807) is 31.1 Å². The SMILES string of the molecule is CN(C)C(=O)c1cc(NC(=O)[C@@H]2CCCN2c2nc(Nc3cc(F)cc(F)c3)ncc2Cl)ccc1N1CCOCC1. The Balaban J connectivity index is 1.36. The van der Waals surface area contributed by atoms with Gasteiger partial charge in [-0.1, -0.05) is 11.6 Å². The van der Waals surface area contributed by atoms with Crippen LogP contribution >= 0.6 is 11.6 Å². The van der Waals surface area contributed by atoms with Crippen LogP contribution in [0.15, 0.2) is 42.6 Å². The summed E-state index contributed by atoms with van der Waals surface area (Å²) >= 11 is 6.43. The lowest BCUT2D eigenvalue weighted by Crippen LogP contribution is -2.40. The molecule has 0 aliphatic carbocycles. The molecule has 41 heavy (non-hydrogen) atoms. The molecule has 216 valence electrons. The van der Waals surface area contributed by atoms with Gasteiger partial charge in [-0.25, -0.2) is 13.8 Å². The van der Waals surface area contributed by atoms with Crippen molar-refractivity contribution in [3.8, 4) is 0 Å². The summed E-state index contributed by atoms with van der Waals surface area (Å²) in [4.78, 5) is 40.5. The number of nitrogens with zero attached hydrogens (tertiary/aromatic N) is 5. The molecule has 0 saturated carbocycles. The molecular formula is C28H30ClF2N7O3. The van der Waals surface area contributed by atoms with Crippen molar-refractivity contribution >= 4 is 52.2 Å². The summed E-state index contributed by atoms with van der Waals surface area (Å²) in [5, 5.41) is 5.97. The molecule has 2 N–H and O–H groups in total. The van der Waals surface area contributed by atoms with Gasteiger partial charge in [0, 0.05) is 56.9 Å². The van der Waals surface area contributed by atoms with Gasteiger partial charge in [0.1, 0.15) is 22.7 Å². The Labute approximate surface area is 241 Å². The number of amides is 2. The number of halogens is 3. The van der Waals surface area contributed by atoms with Crippen LogP contribution in [0.1, 0.15) is 23.2 Å². The van der Waals surface area contributed by atoms with Crippen molar-refractivity contribution in [2.75, 3.05) is 67.4 Å². The molecule has 2 saturated heterocycles. The van der Waals surface area contributed by atoms with Gasteiger partial charge in [0.25, 0.3) is 5.91 Å². The number of carbonyl (C=O) groups excluding carboxylic acids is 2. The molecule has 10 nitrogen and oxygen atoms in total. The average molecular weight is 586 g/mol. The molecule has 2 fully saturated rings. The number of carbonyl (C=O) groups is 2. The molecule has 2 aliphatic heterocycles. The fraction of sp³-hybridized carbons (Fsp3) is 0.357. The van der Waals surface area contributed by atoms with Gasteiger partial charge in [-0.2, -0.15) is 4.98 Å². The van der Waals surface area contributed by atoms with Gasteiger partial charge >= 0.3 is 0 Å². The second-order valence-electron chi connectivity index (χ2n) is 10.0. The highest BCUT2D eigenvalue weighted by atomic mass is 35.5. The van der Waals surface area contributed by atoms with Crippen molar-refractivity contribution in [3.63, 3.8) is 0 Å². The molecule has 0 spiro atoms. The summed E-state index contributed by atoms with van der Waals surface area (Å²) in [7, 11) is 3.37. The van der Waals surface area contributed by atoms with Gasteiger partial charge < -0.3 is 30.1 Å². The minimum absolute atomic E-state index is 0.0750. The van der Waals surface area contributed by atoms with E-state index in [1.807, 2.05) is 6.07 Å².